The molecule has 0 aromatic rings. The lowest BCUT2D eigenvalue weighted by atomic mass is 9.91. The third kappa shape index (κ3) is 34.2. The Balaban J connectivity index is 9.69. The first kappa shape index (κ1) is 9.76. The van der Waals surface area contributed by atoms with E-state index in [2.05, 4.69) is 18.5 Å². The van der Waals surface area contributed by atoms with Crippen LogP contribution >= 0.6 is 7.82 Å². The minimum absolute atomic E-state index is 1.74. The van der Waals surface area contributed by atoms with Gasteiger partial charge in [-0.15, -0.1) is 0 Å². The molecule has 11 nitrogen and oxygen atoms in total. The van der Waals surface area contributed by atoms with Crippen LogP contribution in [0.2, 0.25) is 0 Å². The molecular weight excluding hydrogens is 757 g/mol. The molecule has 0 rings (SSSR count). The van der Waals surface area contributed by atoms with Crippen LogP contribution in [0.1, 0.15) is 303 Å². The average Bonchev–Trinajstić information content (AvgIpc) is 0.654. The van der Waals surface area contributed by atoms with Crippen molar-refractivity contribution in [1.29, 1.82) is 0 Å². The van der Waals surface area contributed by atoms with E-state index in [1.54, 1.807) is 0 Å². The number of esters is 2. The van der Waals surface area contributed by atoms with Crippen molar-refractivity contribution in [3.8, 4) is 0 Å². The molecule has 0 saturated heterocycles. The third-order valence-electron chi connectivity index (χ3n) is 4.54. The summed E-state index contributed by atoms with van der Waals surface area (Å²) in [5, 5.41) is 9.19. The van der Waals surface area contributed by atoms with Gasteiger partial charge in [0.2, 0.25) is 0 Å². The van der Waals surface area contributed by atoms with E-state index in [4.69, 9.17) is 113 Å². The summed E-state index contributed by atoms with van der Waals surface area (Å²) < 4.78 is 691. The lowest BCUT2D eigenvalue weighted by Crippen LogP contribution is -2.35. The van der Waals surface area contributed by atoms with E-state index in [1.165, 1.54) is 0 Å². The fourth-order valence-electron chi connectivity index (χ4n) is 2.29. The van der Waals surface area contributed by atoms with Gasteiger partial charge in [0, 0.05) is 120 Å². The highest BCUT2D eigenvalue weighted by Gasteiger charge is 2.28. The molecule has 0 saturated carbocycles. The van der Waals surface area contributed by atoms with Crippen LogP contribution in [-0.2, 0) is 37.5 Å². The summed E-state index contributed by atoms with van der Waals surface area (Å²) in [5.41, 5.74) is 5.18. The molecule has 0 aliphatic carbocycles. The number of carboxylic acids is 1. The first-order chi connectivity index (χ1) is 57.5. The zero-order valence-corrected chi connectivity index (χ0v) is 29.9. The van der Waals surface area contributed by atoms with Gasteiger partial charge in [0.05, 0.1) is 13.2 Å². The lowest BCUT2D eigenvalue weighted by Gasteiger charge is -2.21. The lowest BCUT2D eigenvalue weighted by molar-refractivity contribution is -0.162. The first-order valence-electron chi connectivity index (χ1n) is 53.4. The van der Waals surface area contributed by atoms with E-state index in [-0.39, 0.29) is 0 Å². The highest BCUT2D eigenvalue weighted by molar-refractivity contribution is 7.47. The van der Waals surface area contributed by atoms with Crippen molar-refractivity contribution in [3.05, 3.63) is 0 Å². The van der Waals surface area contributed by atoms with E-state index in [0.717, 1.165) is 0 Å². The zero-order valence-electron chi connectivity index (χ0n) is 107. The van der Waals surface area contributed by atoms with Gasteiger partial charge >= 0.3 is 25.7 Å². The second-order valence-corrected chi connectivity index (χ2v) is 10.6. The van der Waals surface area contributed by atoms with Crippen LogP contribution < -0.4 is 5.73 Å². The van der Waals surface area contributed by atoms with Crippen LogP contribution in [0.15, 0.2) is 0 Å². The minimum Gasteiger partial charge on any atom is -0.480 e. The molecule has 0 spiro atoms. The molecule has 0 amide bonds. The quantitative estimate of drug-likeness (QED) is 0.0397. The smallest absolute Gasteiger partial charge is 0.472 e. The predicted octanol–water partition coefficient (Wildman–Crippen LogP) is 11.9. The molecule has 12 heteroatoms. The van der Waals surface area contributed by atoms with Gasteiger partial charge in [-0.25, -0.2) is 4.57 Å². The van der Waals surface area contributed by atoms with E-state index < -0.39 is 301 Å². The van der Waals surface area contributed by atoms with Crippen LogP contribution in [0.5, 0.6) is 0 Å². The van der Waals surface area contributed by atoms with Gasteiger partial charge in [0.15, 0.2) is 6.10 Å². The zero-order chi connectivity index (χ0) is 112. The standard InChI is InChI=1S/C46H90NO10P/c1-34(2)17-11-19-36(5)21-13-23-38(7)25-15-27-40(9)29-44(48)54-31-42(32-55-58(52,53)56-33-43(47)46(50)51)57-45(49)30-41(10)28-16-26-39(8)24-14-22-37(6)20-12-18-35(3)4/h34-43H,11-33,47H2,1-10H3,(H,50,51)(H,52,53)/t36?,37?,38?,39?,40?,41?,42-,43+/m1/s1/i1D3,2D3,3D3,4D3,5D3,6D3,7D3,8D3,9D3,10D3,11D2,12D2,13D2,14D2,15D2,16D2,17D2,18D2,19D2,20D2,21D2,22D2,23D2,24D2,25D2,26D2,27D2,28D2,29D2,30D2,34D,35D,36D,37D,38D,39D,40D,41D. The highest BCUT2D eigenvalue weighted by Crippen LogP contribution is 2.43. The molecule has 0 aliphatic rings. The van der Waals surface area contributed by atoms with Crippen molar-refractivity contribution in [2.45, 2.75) is 208 Å². The Morgan fingerprint density at radius 3 is 1.31 bits per heavy atom. The number of carbonyl (C=O) groups excluding carboxylic acids is 2. The van der Waals surface area contributed by atoms with Gasteiger partial charge in [0.25, 0.3) is 0 Å². The number of hydrogen-bond acceptors (Lipinski definition) is 9. The number of carboxylic acid groups (broad SMARTS) is 1. The van der Waals surface area contributed by atoms with Crippen molar-refractivity contribution < 1.29 is 154 Å². The molecule has 4 N–H and O–H groups in total. The summed E-state index contributed by atoms with van der Waals surface area (Å²) in [6.07, 6.45) is -123. The Bertz CT molecular complexity index is 4300. The molecule has 58 heavy (non-hydrogen) atoms. The fraction of sp³-hybridized carbons (Fsp3) is 0.935. The molecule has 0 aromatic heterocycles. The molecule has 7 unspecified atom stereocenters. The Kier molecular flexibility index (Phi) is 5.58. The van der Waals surface area contributed by atoms with Gasteiger partial charge in [-0.3, -0.25) is 23.4 Å². The maximum absolute atomic E-state index is 14.6. The summed E-state index contributed by atoms with van der Waals surface area (Å²) in [6, 6.07) is -2.43. The number of nitrogens with two attached hydrogens (primary N) is 1. The summed E-state index contributed by atoms with van der Waals surface area (Å²) in [6.45, 7) is -59.3. The Morgan fingerprint density at radius 1 is 0.569 bits per heavy atom. The van der Waals surface area contributed by atoms with Crippen molar-refractivity contribution in [2.75, 3.05) is 19.8 Å². The molecule has 0 radical (unpaired) electrons. The maximum atomic E-state index is 14.6. The molecule has 9 atom stereocenters. The van der Waals surface area contributed by atoms with Crippen molar-refractivity contribution in [2.24, 2.45) is 52.9 Å². The predicted molar refractivity (Wildman–Crippen MR) is 235 cm³/mol. The van der Waals surface area contributed by atoms with Gasteiger partial charge in [0.1, 0.15) is 12.6 Å². The number of rotatable bonds is 38. The molecule has 0 bridgehead atoms. The number of hydrogen-bond donors (Lipinski definition) is 3. The number of aliphatic carboxylic acids is 1. The molecular formula is C46H90NO10P. The summed E-state index contributed by atoms with van der Waals surface area (Å²) in [5.74, 6) is -56.1. The van der Waals surface area contributed by atoms with Gasteiger partial charge < -0.3 is 25.2 Å². The Hall–Kier alpha value is -1.52. The first-order valence-corrected chi connectivity index (χ1v) is 15.9. The topological polar surface area (TPSA) is 172 Å². The van der Waals surface area contributed by atoms with E-state index in [1.807, 2.05) is 0 Å². The number of ether oxygens (including phenoxy) is 2. The highest BCUT2D eigenvalue weighted by atomic mass is 31.2. The van der Waals surface area contributed by atoms with E-state index in [0.29, 0.717) is 0 Å². The molecule has 344 valence electrons. The molecule has 0 fully saturated rings. The number of phosphoric acid groups is 1. The fourth-order valence-corrected chi connectivity index (χ4v) is 3.07. The molecule has 0 aliphatic heterocycles. The summed E-state index contributed by atoms with van der Waals surface area (Å²) in [7, 11) is -6.35. The van der Waals surface area contributed by atoms with Crippen molar-refractivity contribution >= 4 is 25.7 Å². The largest absolute Gasteiger partial charge is 0.480 e. The van der Waals surface area contributed by atoms with Crippen LogP contribution in [-0.4, -0.2) is 59.9 Å². The van der Waals surface area contributed by atoms with Crippen LogP contribution in [0.3, 0.4) is 0 Å². The SMILES string of the molecule is [2H]C([2H])([2H])C([2H])(C([2H])([2H])[2H])C([2H])([2H])C([2H])([2H])C([2H])([2H])C([2H])(C([2H])([2H])[2H])C([2H])([2H])C([2H])([2H])C([2H])([2H])C([2H])(C([2H])([2H])[2H])C([2H])([2H])C([2H])([2H])C([2H])([2H])C([2H])(C([2H])([2H])[2H])C([2H])([2H])C(=O)OC[C@H](COP(=O)(O)OC[C@H](N)C(=O)O)OC(=O)C([2H])([2H])C([2H])(C([2H])([2H])[2H])C([2H])([2H])C([2H])([2H])C([2H])([2H])C([2H])(C([2H])([2H])[2H])C([2H])([2H])C([2H])([2H])C([2H])([2H])C([2H])(C([2H])([2H])[2H])C([2H])([2H])C([2H])([2H])C([2H])([2H])C([2H])(C([2H])([2H])[2H])C([2H])([2H])[2H]. The monoisotopic (exact) mass is 926 g/mol. The van der Waals surface area contributed by atoms with Gasteiger partial charge in [-0.1, -0.05) is 183 Å². The maximum Gasteiger partial charge on any atom is 0.472 e. The van der Waals surface area contributed by atoms with E-state index in [9.17, 15) is 28.9 Å². The second-order valence-electron chi connectivity index (χ2n) is 9.13. The second kappa shape index (κ2) is 33.1. The normalized spacial score (nSPS) is 47.8. The minimum atomic E-state index is -6.35. The van der Waals surface area contributed by atoms with E-state index >= 15 is 0 Å². The molecule has 0 heterocycles. The van der Waals surface area contributed by atoms with Crippen LogP contribution in [0, 0.1) is 47.2 Å². The Morgan fingerprint density at radius 2 is 0.931 bits per heavy atom. The van der Waals surface area contributed by atoms with Crippen molar-refractivity contribution in [1.82, 2.24) is 0 Å². The Labute approximate surface area is 464 Å². The number of carbonyl (C=O) groups is 3. The van der Waals surface area contributed by atoms with Crippen LogP contribution in [0.25, 0.3) is 0 Å². The average molecular weight is 927 g/mol. The van der Waals surface area contributed by atoms with Gasteiger partial charge in [-0.2, -0.15) is 0 Å². The summed E-state index contributed by atoms with van der Waals surface area (Å²) >= 11 is 0. The molecule has 0 aromatic carbocycles. The van der Waals surface area contributed by atoms with Gasteiger partial charge in [-0.05, 0) is 47.2 Å². The number of phosphoric ester groups is 1. The third-order valence-corrected chi connectivity index (χ3v) is 5.49. The van der Waals surface area contributed by atoms with Crippen molar-refractivity contribution in [3.63, 3.8) is 0 Å². The summed E-state index contributed by atoms with van der Waals surface area (Å²) in [4.78, 5) is 50.9. The van der Waals surface area contributed by atoms with Crippen LogP contribution in [0.4, 0.5) is 0 Å².